The smallest absolute Gasteiger partial charge is 0.274 e. The molecular weight excluding hydrogens is 376 g/mol. The molecule has 3 rings (SSSR count). The number of anilines is 3. The number of rotatable bonds is 6. The maximum atomic E-state index is 12.6. The summed E-state index contributed by atoms with van der Waals surface area (Å²) in [5.41, 5.74) is 2.94. The number of aryl methyl sites for hydroxylation is 1. The predicted molar refractivity (Wildman–Crippen MR) is 112 cm³/mol. The number of aromatic nitrogens is 2. The summed E-state index contributed by atoms with van der Waals surface area (Å²) >= 11 is 6.12. The number of methoxy groups -OCH3 is 1. The average Bonchev–Trinajstić information content (AvgIpc) is 2.69. The summed E-state index contributed by atoms with van der Waals surface area (Å²) in [4.78, 5) is 23.4. The van der Waals surface area contributed by atoms with E-state index in [0.717, 1.165) is 11.3 Å². The zero-order valence-electron chi connectivity index (χ0n) is 15.9. The highest BCUT2D eigenvalue weighted by Crippen LogP contribution is 2.27. The highest BCUT2D eigenvalue weighted by atomic mass is 35.5. The second-order valence-corrected chi connectivity index (χ2v) is 6.54. The maximum absolute atomic E-state index is 12.6. The highest BCUT2D eigenvalue weighted by Gasteiger charge is 2.15. The third-order valence-electron chi connectivity index (χ3n) is 4.16. The number of nitrogens with zero attached hydrogens (tertiary/aromatic N) is 3. The van der Waals surface area contributed by atoms with Crippen LogP contribution in [0, 0.1) is 6.92 Å². The highest BCUT2D eigenvalue weighted by molar-refractivity contribution is 6.32. The number of hydrogen-bond acceptors (Lipinski definition) is 5. The molecule has 0 bridgehead atoms. The molecule has 1 aromatic heterocycles. The topological polar surface area (TPSA) is 67.4 Å². The standard InChI is InChI=1S/C21H21ClN4O2/c1-4-26(16-7-5-6-14(2)12-16)21-23-11-10-18(25-21)20(27)24-15-8-9-19(28-3)17(22)13-15/h5-13H,4H2,1-3H3,(H,24,27). The molecule has 2 aromatic carbocycles. The number of amides is 1. The van der Waals surface area contributed by atoms with Crippen molar-refractivity contribution in [3.63, 3.8) is 0 Å². The van der Waals surface area contributed by atoms with Gasteiger partial charge in [-0.15, -0.1) is 0 Å². The van der Waals surface area contributed by atoms with Gasteiger partial charge in [-0.3, -0.25) is 4.79 Å². The van der Waals surface area contributed by atoms with Gasteiger partial charge >= 0.3 is 0 Å². The largest absolute Gasteiger partial charge is 0.495 e. The summed E-state index contributed by atoms with van der Waals surface area (Å²) in [6.45, 7) is 4.71. The van der Waals surface area contributed by atoms with Crippen molar-refractivity contribution in [3.05, 3.63) is 71.0 Å². The normalized spacial score (nSPS) is 10.4. The van der Waals surface area contributed by atoms with Gasteiger partial charge in [0.15, 0.2) is 0 Å². The van der Waals surface area contributed by atoms with E-state index >= 15 is 0 Å². The third-order valence-corrected chi connectivity index (χ3v) is 4.45. The monoisotopic (exact) mass is 396 g/mol. The Bertz CT molecular complexity index is 994. The van der Waals surface area contributed by atoms with Gasteiger partial charge in [-0.05, 0) is 55.8 Å². The van der Waals surface area contributed by atoms with E-state index in [1.54, 1.807) is 30.5 Å². The Balaban J connectivity index is 1.83. The molecule has 28 heavy (non-hydrogen) atoms. The van der Waals surface area contributed by atoms with Gasteiger partial charge in [0.2, 0.25) is 5.95 Å². The SMILES string of the molecule is CCN(c1cccc(C)c1)c1nccc(C(=O)Nc2ccc(OC)c(Cl)c2)n1. The molecular formula is C21H21ClN4O2. The summed E-state index contributed by atoms with van der Waals surface area (Å²) in [6.07, 6.45) is 1.58. The van der Waals surface area contributed by atoms with Crippen molar-refractivity contribution in [1.29, 1.82) is 0 Å². The van der Waals surface area contributed by atoms with Gasteiger partial charge in [0.25, 0.3) is 5.91 Å². The van der Waals surface area contributed by atoms with Crippen molar-refractivity contribution in [3.8, 4) is 5.75 Å². The van der Waals surface area contributed by atoms with Gasteiger partial charge in [0, 0.05) is 24.1 Å². The molecule has 0 saturated heterocycles. The Hall–Kier alpha value is -3.12. The van der Waals surface area contributed by atoms with E-state index in [4.69, 9.17) is 16.3 Å². The molecule has 1 amide bonds. The van der Waals surface area contributed by atoms with Crippen molar-refractivity contribution in [2.24, 2.45) is 0 Å². The summed E-state index contributed by atoms with van der Waals surface area (Å²) in [6, 6.07) is 14.7. The molecule has 0 fully saturated rings. The molecule has 0 saturated carbocycles. The molecule has 0 unspecified atom stereocenters. The minimum Gasteiger partial charge on any atom is -0.495 e. The van der Waals surface area contributed by atoms with Gasteiger partial charge in [-0.1, -0.05) is 23.7 Å². The van der Waals surface area contributed by atoms with Crippen LogP contribution in [0.2, 0.25) is 5.02 Å². The van der Waals surface area contributed by atoms with Gasteiger partial charge < -0.3 is 15.0 Å². The van der Waals surface area contributed by atoms with E-state index in [1.165, 1.54) is 7.11 Å². The van der Waals surface area contributed by atoms with Crippen molar-refractivity contribution >= 4 is 34.8 Å². The molecule has 0 aliphatic rings. The van der Waals surface area contributed by atoms with Crippen LogP contribution in [-0.4, -0.2) is 29.5 Å². The van der Waals surface area contributed by atoms with E-state index in [1.807, 2.05) is 36.9 Å². The zero-order chi connectivity index (χ0) is 20.1. The Kier molecular flexibility index (Phi) is 6.11. The summed E-state index contributed by atoms with van der Waals surface area (Å²) in [5.74, 6) is 0.666. The molecule has 0 radical (unpaired) electrons. The van der Waals surface area contributed by atoms with Crippen LogP contribution in [0.3, 0.4) is 0 Å². The molecule has 0 spiro atoms. The Morgan fingerprint density at radius 2 is 2.04 bits per heavy atom. The number of hydrogen-bond donors (Lipinski definition) is 1. The van der Waals surface area contributed by atoms with Crippen LogP contribution < -0.4 is 15.0 Å². The molecule has 1 N–H and O–H groups in total. The van der Waals surface area contributed by atoms with E-state index in [-0.39, 0.29) is 11.6 Å². The van der Waals surface area contributed by atoms with Gasteiger partial charge in [0.05, 0.1) is 12.1 Å². The summed E-state index contributed by atoms with van der Waals surface area (Å²) < 4.78 is 5.12. The van der Waals surface area contributed by atoms with Crippen LogP contribution >= 0.6 is 11.6 Å². The second kappa shape index (κ2) is 8.71. The van der Waals surface area contributed by atoms with Crippen LogP contribution in [0.15, 0.2) is 54.7 Å². The molecule has 1 heterocycles. The van der Waals surface area contributed by atoms with Crippen molar-refractivity contribution in [1.82, 2.24) is 9.97 Å². The minimum atomic E-state index is -0.342. The van der Waals surface area contributed by atoms with Crippen LogP contribution in [0.1, 0.15) is 23.0 Å². The molecule has 0 atom stereocenters. The summed E-state index contributed by atoms with van der Waals surface area (Å²) in [5, 5.41) is 3.21. The molecule has 6 nitrogen and oxygen atoms in total. The van der Waals surface area contributed by atoms with Gasteiger partial charge in [-0.25, -0.2) is 9.97 Å². The van der Waals surface area contributed by atoms with E-state index in [0.29, 0.717) is 29.0 Å². The molecule has 7 heteroatoms. The lowest BCUT2D eigenvalue weighted by atomic mass is 10.2. The van der Waals surface area contributed by atoms with Crippen molar-refractivity contribution in [2.75, 3.05) is 23.9 Å². The Morgan fingerprint density at radius 3 is 2.71 bits per heavy atom. The molecule has 3 aromatic rings. The fourth-order valence-electron chi connectivity index (χ4n) is 2.78. The first-order valence-electron chi connectivity index (χ1n) is 8.84. The summed E-state index contributed by atoms with van der Waals surface area (Å²) in [7, 11) is 1.54. The fraction of sp³-hybridized carbons (Fsp3) is 0.190. The first-order valence-corrected chi connectivity index (χ1v) is 9.21. The maximum Gasteiger partial charge on any atom is 0.274 e. The van der Waals surface area contributed by atoms with Gasteiger partial charge in [0.1, 0.15) is 11.4 Å². The van der Waals surface area contributed by atoms with Crippen LogP contribution in [-0.2, 0) is 0 Å². The number of halogens is 1. The average molecular weight is 397 g/mol. The number of carbonyl (C=O) groups excluding carboxylic acids is 1. The van der Waals surface area contributed by atoms with Crippen molar-refractivity contribution in [2.45, 2.75) is 13.8 Å². The first-order chi connectivity index (χ1) is 13.5. The Labute approximate surface area is 169 Å². The fourth-order valence-corrected chi connectivity index (χ4v) is 3.04. The predicted octanol–water partition coefficient (Wildman–Crippen LogP) is 4.86. The lowest BCUT2D eigenvalue weighted by Gasteiger charge is -2.21. The second-order valence-electron chi connectivity index (χ2n) is 6.13. The number of ether oxygens (including phenoxy) is 1. The lowest BCUT2D eigenvalue weighted by molar-refractivity contribution is 0.102. The number of benzene rings is 2. The van der Waals surface area contributed by atoms with E-state index in [2.05, 4.69) is 21.4 Å². The Morgan fingerprint density at radius 1 is 1.21 bits per heavy atom. The van der Waals surface area contributed by atoms with Crippen LogP contribution in [0.5, 0.6) is 5.75 Å². The minimum absolute atomic E-state index is 0.267. The van der Waals surface area contributed by atoms with E-state index < -0.39 is 0 Å². The quantitative estimate of drug-likeness (QED) is 0.644. The molecule has 144 valence electrons. The number of carbonyl (C=O) groups is 1. The van der Waals surface area contributed by atoms with Crippen LogP contribution in [0.4, 0.5) is 17.3 Å². The third kappa shape index (κ3) is 4.40. The van der Waals surface area contributed by atoms with E-state index in [9.17, 15) is 4.79 Å². The van der Waals surface area contributed by atoms with Gasteiger partial charge in [-0.2, -0.15) is 0 Å². The molecule has 0 aliphatic carbocycles. The van der Waals surface area contributed by atoms with Crippen molar-refractivity contribution < 1.29 is 9.53 Å². The first kappa shape index (κ1) is 19.6. The lowest BCUT2D eigenvalue weighted by Crippen LogP contribution is -2.21. The van der Waals surface area contributed by atoms with Crippen LogP contribution in [0.25, 0.3) is 0 Å². The number of nitrogens with one attached hydrogen (secondary N) is 1. The zero-order valence-corrected chi connectivity index (χ0v) is 16.7. The molecule has 0 aliphatic heterocycles.